The van der Waals surface area contributed by atoms with Gasteiger partial charge in [0.1, 0.15) is 0 Å². The molecule has 1 aliphatic rings. The molecule has 2 N–H and O–H groups in total. The number of aliphatic hydroxyl groups is 1. The predicted octanol–water partition coefficient (Wildman–Crippen LogP) is 2.82. The third-order valence-electron chi connectivity index (χ3n) is 3.97. The number of hydrogen-bond donors (Lipinski definition) is 2. The molecule has 2 rings (SSSR count). The maximum Gasteiger partial charge on any atom is 0.238 e. The Bertz CT molecular complexity index is 513. The Morgan fingerprint density at radius 1 is 1.43 bits per heavy atom. The van der Waals surface area contributed by atoms with Crippen molar-refractivity contribution in [2.45, 2.75) is 38.2 Å². The maximum atomic E-state index is 12.1. The van der Waals surface area contributed by atoms with E-state index >= 15 is 0 Å². The number of aryl methyl sites for hydroxylation is 1. The lowest BCUT2D eigenvalue weighted by Gasteiger charge is -2.28. The van der Waals surface area contributed by atoms with Gasteiger partial charge in [0.05, 0.1) is 12.1 Å². The highest BCUT2D eigenvalue weighted by Crippen LogP contribution is 2.29. The minimum Gasteiger partial charge on any atom is -0.389 e. The number of benzene rings is 1. The summed E-state index contributed by atoms with van der Waals surface area (Å²) in [7, 11) is 1.87. The van der Waals surface area contributed by atoms with E-state index in [0.717, 1.165) is 36.9 Å². The molecule has 1 saturated carbocycles. The van der Waals surface area contributed by atoms with E-state index < -0.39 is 5.60 Å². The normalized spacial score (nSPS) is 17.2. The zero-order valence-electron chi connectivity index (χ0n) is 12.7. The SMILES string of the molecule is Cc1cc(Cl)ccc1NC(=O)CN(C)CC1(O)CCCC1. The molecule has 1 aliphatic carbocycles. The van der Waals surface area contributed by atoms with E-state index in [2.05, 4.69) is 5.32 Å². The number of nitrogens with one attached hydrogen (secondary N) is 1. The highest BCUT2D eigenvalue weighted by Gasteiger charge is 2.32. The second-order valence-corrected chi connectivity index (χ2v) is 6.55. The van der Waals surface area contributed by atoms with Crippen LogP contribution >= 0.6 is 11.6 Å². The summed E-state index contributed by atoms with van der Waals surface area (Å²) >= 11 is 5.90. The lowest BCUT2D eigenvalue weighted by atomic mass is 10.0. The zero-order chi connectivity index (χ0) is 15.5. The van der Waals surface area contributed by atoms with Crippen molar-refractivity contribution in [3.63, 3.8) is 0 Å². The number of nitrogens with zero attached hydrogens (tertiary/aromatic N) is 1. The van der Waals surface area contributed by atoms with Crippen molar-refractivity contribution in [2.75, 3.05) is 25.5 Å². The van der Waals surface area contributed by atoms with Gasteiger partial charge in [0, 0.05) is 17.3 Å². The van der Waals surface area contributed by atoms with Crippen molar-refractivity contribution in [3.8, 4) is 0 Å². The Hall–Kier alpha value is -1.10. The first kappa shape index (κ1) is 16.3. The van der Waals surface area contributed by atoms with Gasteiger partial charge in [0.15, 0.2) is 0 Å². The van der Waals surface area contributed by atoms with Crippen LogP contribution in [0.25, 0.3) is 0 Å². The summed E-state index contributed by atoms with van der Waals surface area (Å²) in [5.41, 5.74) is 1.09. The molecular formula is C16H23ClN2O2. The van der Waals surface area contributed by atoms with Crippen LogP contribution in [0.5, 0.6) is 0 Å². The van der Waals surface area contributed by atoms with Crippen LogP contribution in [0.4, 0.5) is 5.69 Å². The van der Waals surface area contributed by atoms with Crippen LogP contribution in [0, 0.1) is 6.92 Å². The van der Waals surface area contributed by atoms with Crippen molar-refractivity contribution in [3.05, 3.63) is 28.8 Å². The van der Waals surface area contributed by atoms with Crippen LogP contribution in [0.2, 0.25) is 5.02 Å². The molecule has 21 heavy (non-hydrogen) atoms. The fourth-order valence-electron chi connectivity index (χ4n) is 2.95. The number of likely N-dealkylation sites (N-methyl/N-ethyl adjacent to an activating group) is 1. The summed E-state index contributed by atoms with van der Waals surface area (Å²) in [6.45, 7) is 2.72. The number of halogens is 1. The van der Waals surface area contributed by atoms with Crippen LogP contribution in [0.1, 0.15) is 31.2 Å². The van der Waals surface area contributed by atoms with E-state index in [1.807, 2.05) is 24.9 Å². The molecule has 1 aromatic rings. The van der Waals surface area contributed by atoms with Crippen LogP contribution < -0.4 is 5.32 Å². The average Bonchev–Trinajstić information content (AvgIpc) is 2.78. The molecule has 1 amide bonds. The molecule has 116 valence electrons. The van der Waals surface area contributed by atoms with Crippen molar-refractivity contribution in [1.29, 1.82) is 0 Å². The lowest BCUT2D eigenvalue weighted by Crippen LogP contribution is -2.42. The van der Waals surface area contributed by atoms with Gasteiger partial charge in [-0.25, -0.2) is 0 Å². The van der Waals surface area contributed by atoms with E-state index in [1.165, 1.54) is 0 Å². The average molecular weight is 311 g/mol. The summed E-state index contributed by atoms with van der Waals surface area (Å²) < 4.78 is 0. The second kappa shape index (κ2) is 6.77. The topological polar surface area (TPSA) is 52.6 Å². The molecule has 0 heterocycles. The van der Waals surface area contributed by atoms with Gasteiger partial charge < -0.3 is 10.4 Å². The molecule has 0 aromatic heterocycles. The minimum absolute atomic E-state index is 0.0791. The van der Waals surface area contributed by atoms with E-state index in [1.54, 1.807) is 12.1 Å². The first-order valence-electron chi connectivity index (χ1n) is 7.35. The van der Waals surface area contributed by atoms with Gasteiger partial charge >= 0.3 is 0 Å². The first-order chi connectivity index (χ1) is 9.88. The molecule has 1 fully saturated rings. The largest absolute Gasteiger partial charge is 0.389 e. The molecule has 0 atom stereocenters. The van der Waals surface area contributed by atoms with Crippen molar-refractivity contribution >= 4 is 23.2 Å². The van der Waals surface area contributed by atoms with Crippen LogP contribution in [-0.2, 0) is 4.79 Å². The smallest absolute Gasteiger partial charge is 0.238 e. The Kier molecular flexibility index (Phi) is 5.25. The highest BCUT2D eigenvalue weighted by atomic mass is 35.5. The summed E-state index contributed by atoms with van der Waals surface area (Å²) in [6, 6.07) is 5.39. The van der Waals surface area contributed by atoms with Crippen LogP contribution in [0.15, 0.2) is 18.2 Å². The Balaban J connectivity index is 1.86. The summed E-state index contributed by atoms with van der Waals surface area (Å²) in [6.07, 6.45) is 3.80. The monoisotopic (exact) mass is 310 g/mol. The molecule has 0 unspecified atom stereocenters. The number of anilines is 1. The van der Waals surface area contributed by atoms with Gasteiger partial charge in [-0.05, 0) is 50.6 Å². The van der Waals surface area contributed by atoms with Crippen molar-refractivity contribution in [2.24, 2.45) is 0 Å². The molecule has 0 aliphatic heterocycles. The molecule has 5 heteroatoms. The van der Waals surface area contributed by atoms with E-state index in [0.29, 0.717) is 11.6 Å². The third-order valence-corrected chi connectivity index (χ3v) is 4.21. The maximum absolute atomic E-state index is 12.1. The van der Waals surface area contributed by atoms with Gasteiger partial charge in [0.2, 0.25) is 5.91 Å². The summed E-state index contributed by atoms with van der Waals surface area (Å²) in [5, 5.41) is 13.9. The molecule has 4 nitrogen and oxygen atoms in total. The van der Waals surface area contributed by atoms with Gasteiger partial charge in [-0.3, -0.25) is 9.69 Å². The molecule has 0 spiro atoms. The van der Waals surface area contributed by atoms with E-state index in [4.69, 9.17) is 11.6 Å². The number of rotatable bonds is 5. The second-order valence-electron chi connectivity index (χ2n) is 6.11. The lowest BCUT2D eigenvalue weighted by molar-refractivity contribution is -0.117. The summed E-state index contributed by atoms with van der Waals surface area (Å²) in [5.74, 6) is -0.0791. The van der Waals surface area contributed by atoms with E-state index in [9.17, 15) is 9.90 Å². The Morgan fingerprint density at radius 2 is 2.10 bits per heavy atom. The molecule has 1 aromatic carbocycles. The molecule has 0 saturated heterocycles. The van der Waals surface area contributed by atoms with Crippen molar-refractivity contribution < 1.29 is 9.90 Å². The van der Waals surface area contributed by atoms with Crippen LogP contribution in [-0.4, -0.2) is 41.7 Å². The van der Waals surface area contributed by atoms with Gasteiger partial charge in [-0.2, -0.15) is 0 Å². The van der Waals surface area contributed by atoms with Gasteiger partial charge in [-0.1, -0.05) is 24.4 Å². The molecule has 0 bridgehead atoms. The molecular weight excluding hydrogens is 288 g/mol. The number of carbonyl (C=O) groups is 1. The predicted molar refractivity (Wildman–Crippen MR) is 85.7 cm³/mol. The number of amides is 1. The zero-order valence-corrected chi connectivity index (χ0v) is 13.4. The Morgan fingerprint density at radius 3 is 2.71 bits per heavy atom. The standard InChI is InChI=1S/C16H23ClN2O2/c1-12-9-13(17)5-6-14(12)18-15(20)10-19(2)11-16(21)7-3-4-8-16/h5-6,9,21H,3-4,7-8,10-11H2,1-2H3,(H,18,20). The van der Waals surface area contributed by atoms with Crippen molar-refractivity contribution in [1.82, 2.24) is 4.90 Å². The third kappa shape index (κ3) is 4.70. The summed E-state index contributed by atoms with van der Waals surface area (Å²) in [4.78, 5) is 14.0. The fourth-order valence-corrected chi connectivity index (χ4v) is 3.18. The van der Waals surface area contributed by atoms with Gasteiger partial charge in [0.25, 0.3) is 0 Å². The first-order valence-corrected chi connectivity index (χ1v) is 7.73. The fraction of sp³-hybridized carbons (Fsp3) is 0.562. The number of carbonyl (C=O) groups excluding carboxylic acids is 1. The minimum atomic E-state index is -0.620. The van der Waals surface area contributed by atoms with Crippen LogP contribution in [0.3, 0.4) is 0 Å². The number of hydrogen-bond acceptors (Lipinski definition) is 3. The van der Waals surface area contributed by atoms with E-state index in [-0.39, 0.29) is 12.5 Å². The Labute approximate surface area is 131 Å². The van der Waals surface area contributed by atoms with Gasteiger partial charge in [-0.15, -0.1) is 0 Å². The quantitative estimate of drug-likeness (QED) is 0.879. The molecule has 0 radical (unpaired) electrons. The highest BCUT2D eigenvalue weighted by molar-refractivity contribution is 6.30.